The average molecular weight is 671 g/mol. The van der Waals surface area contributed by atoms with Crippen molar-refractivity contribution in [2.45, 2.75) is 17.7 Å². The van der Waals surface area contributed by atoms with E-state index in [1.54, 1.807) is 30.0 Å². The Labute approximate surface area is 221 Å². The molecular weight excluding hydrogens is 654 g/mol. The number of halogens is 2. The number of fused-ring (bicyclic) bond motifs is 2. The van der Waals surface area contributed by atoms with E-state index >= 15 is 0 Å². The summed E-state index contributed by atoms with van der Waals surface area (Å²) in [7, 11) is -8.58. The van der Waals surface area contributed by atoms with Crippen LogP contribution in [-0.2, 0) is 30.4 Å². The van der Waals surface area contributed by atoms with Crippen LogP contribution < -0.4 is 14.9 Å². The maximum atomic E-state index is 12.6. The zero-order chi connectivity index (χ0) is 24.7. The molecule has 1 aliphatic heterocycles. The first kappa shape index (κ1) is 26.0. The molecular formula is C19H17Br2N3O6S4. The lowest BCUT2D eigenvalue weighted by atomic mass is 10.3. The van der Waals surface area contributed by atoms with Gasteiger partial charge in [0.25, 0.3) is 5.01 Å². The first-order valence-electron chi connectivity index (χ1n) is 9.62. The van der Waals surface area contributed by atoms with Gasteiger partial charge in [-0.25, -0.2) is 8.42 Å². The van der Waals surface area contributed by atoms with Crippen LogP contribution in [0.25, 0.3) is 16.3 Å². The van der Waals surface area contributed by atoms with Gasteiger partial charge in [-0.15, -0.1) is 0 Å². The zero-order valence-corrected chi connectivity index (χ0v) is 23.8. The Morgan fingerprint density at radius 2 is 1.85 bits per heavy atom. The van der Waals surface area contributed by atoms with Crippen molar-refractivity contribution in [2.24, 2.45) is 0 Å². The molecule has 0 amide bonds. The smallest absolute Gasteiger partial charge is 0.302 e. The van der Waals surface area contributed by atoms with Gasteiger partial charge in [0.05, 0.1) is 16.8 Å². The van der Waals surface area contributed by atoms with E-state index in [-0.39, 0.29) is 0 Å². The van der Waals surface area contributed by atoms with E-state index in [0.717, 1.165) is 18.5 Å². The summed E-state index contributed by atoms with van der Waals surface area (Å²) in [5, 5.41) is 1.02. The van der Waals surface area contributed by atoms with Crippen LogP contribution in [0.5, 0.6) is 0 Å². The number of benzene rings is 2. The molecule has 3 aromatic rings. The highest BCUT2D eigenvalue weighted by atomic mass is 79.9. The molecule has 1 aromatic heterocycles. The summed E-state index contributed by atoms with van der Waals surface area (Å²) >= 11 is 9.43. The molecule has 1 N–H and O–H groups in total. The molecule has 34 heavy (non-hydrogen) atoms. The summed E-state index contributed by atoms with van der Waals surface area (Å²) in [5.41, 5.74) is 3.59. The van der Waals surface area contributed by atoms with Crippen molar-refractivity contribution in [1.82, 2.24) is 5.48 Å². The van der Waals surface area contributed by atoms with Gasteiger partial charge in [0.15, 0.2) is 16.0 Å². The van der Waals surface area contributed by atoms with E-state index in [9.17, 15) is 21.4 Å². The van der Waals surface area contributed by atoms with Crippen molar-refractivity contribution < 1.29 is 30.2 Å². The number of rotatable bonds is 8. The van der Waals surface area contributed by atoms with Gasteiger partial charge in [-0.3, -0.25) is 0 Å². The molecule has 0 radical (unpaired) electrons. The van der Waals surface area contributed by atoms with Crippen molar-refractivity contribution in [2.75, 3.05) is 17.3 Å². The molecule has 2 aromatic carbocycles. The van der Waals surface area contributed by atoms with E-state index in [1.807, 2.05) is 24.3 Å². The fraction of sp³-hybridized carbons (Fsp3) is 0.211. The van der Waals surface area contributed by atoms with Crippen molar-refractivity contribution in [1.29, 1.82) is 0 Å². The molecule has 15 heteroatoms. The quantitative estimate of drug-likeness (QED) is 0.216. The highest BCUT2D eigenvalue weighted by molar-refractivity contribution is 9.10. The molecule has 4 rings (SSSR count). The van der Waals surface area contributed by atoms with Gasteiger partial charge in [-0.2, -0.15) is 22.7 Å². The van der Waals surface area contributed by atoms with Gasteiger partial charge in [-0.05, 0) is 30.3 Å². The van der Waals surface area contributed by atoms with E-state index < -0.39 is 32.0 Å². The number of hydroxylamine groups is 1. The fourth-order valence-electron chi connectivity index (χ4n) is 3.23. The number of thiazole rings is 1. The Morgan fingerprint density at radius 1 is 1.15 bits per heavy atom. The predicted molar refractivity (Wildman–Crippen MR) is 138 cm³/mol. The second kappa shape index (κ2) is 10.1. The van der Waals surface area contributed by atoms with Crippen LogP contribution in [0.4, 0.5) is 5.69 Å². The maximum absolute atomic E-state index is 12.6. The molecule has 2 heterocycles. The van der Waals surface area contributed by atoms with E-state index in [2.05, 4.69) is 37.3 Å². The zero-order valence-electron chi connectivity index (χ0n) is 17.4. The Bertz CT molecular complexity index is 1510. The highest BCUT2D eigenvalue weighted by Crippen LogP contribution is 2.48. The van der Waals surface area contributed by atoms with Gasteiger partial charge >= 0.3 is 10.1 Å². The van der Waals surface area contributed by atoms with Crippen molar-refractivity contribution in [3.05, 3.63) is 55.4 Å². The van der Waals surface area contributed by atoms with Gasteiger partial charge in [0.1, 0.15) is 4.70 Å². The summed E-state index contributed by atoms with van der Waals surface area (Å²) in [6, 6.07) is 10.9. The Balaban J connectivity index is 1.84. The molecule has 1 aliphatic rings. The molecule has 0 saturated carbocycles. The van der Waals surface area contributed by atoms with Crippen LogP contribution in [0.1, 0.15) is 11.9 Å². The molecule has 9 nitrogen and oxygen atoms in total. The minimum absolute atomic E-state index is 0.305. The normalized spacial score (nSPS) is 15.4. The topological polar surface area (TPSA) is 120 Å². The first-order valence-corrected chi connectivity index (χ1v) is 16.0. The second-order valence-electron chi connectivity index (χ2n) is 7.06. The Morgan fingerprint density at radius 3 is 2.56 bits per heavy atom. The summed E-state index contributed by atoms with van der Waals surface area (Å²) in [6.45, 7) is 2.02. The van der Waals surface area contributed by atoms with Crippen molar-refractivity contribution >= 4 is 97.2 Å². The molecule has 182 valence electrons. The monoisotopic (exact) mass is 669 g/mol. The third-order valence-corrected chi connectivity index (χ3v) is 9.27. The minimum Gasteiger partial charge on any atom is -0.743 e. The fourth-order valence-corrected chi connectivity index (χ4v) is 7.86. The average Bonchev–Trinajstić information content (AvgIpc) is 3.23. The first-order chi connectivity index (χ1) is 16.0. The van der Waals surface area contributed by atoms with Crippen LogP contribution in [0.15, 0.2) is 55.3 Å². The predicted octanol–water partition coefficient (Wildman–Crippen LogP) is 3.96. The Hall–Kier alpha value is -1.04. The number of thioether (sulfide) groups is 1. The van der Waals surface area contributed by atoms with Crippen LogP contribution >= 0.6 is 55.0 Å². The molecule has 0 fully saturated rings. The minimum atomic E-state index is -4.60. The molecule has 0 unspecified atom stereocenters. The van der Waals surface area contributed by atoms with E-state index in [1.165, 1.54) is 27.7 Å². The van der Waals surface area contributed by atoms with Gasteiger partial charge in [0, 0.05) is 26.5 Å². The number of nitrogens with zero attached hydrogens (tertiary/aromatic N) is 2. The SMILES string of the molecule is CCNOS(=O)(=O)CN1C(=Cc2sc3ccc(Br)cc3[n+]2CS(=O)(=O)[O-])Sc2ccc(Br)cc21. The van der Waals surface area contributed by atoms with E-state index in [4.69, 9.17) is 4.28 Å². The summed E-state index contributed by atoms with van der Waals surface area (Å²) in [4.78, 5) is 2.40. The van der Waals surface area contributed by atoms with Crippen molar-refractivity contribution in [3.63, 3.8) is 0 Å². The lowest BCUT2D eigenvalue weighted by Crippen LogP contribution is -2.39. The van der Waals surface area contributed by atoms with E-state index in [0.29, 0.717) is 27.8 Å². The van der Waals surface area contributed by atoms with Gasteiger partial charge in [-0.1, -0.05) is 61.9 Å². The lowest BCUT2D eigenvalue weighted by molar-refractivity contribution is -0.649. The molecule has 0 saturated heterocycles. The molecule has 0 aliphatic carbocycles. The largest absolute Gasteiger partial charge is 0.743 e. The molecule has 0 spiro atoms. The Kier molecular flexibility index (Phi) is 7.77. The van der Waals surface area contributed by atoms with Crippen LogP contribution in [0.3, 0.4) is 0 Å². The number of hydrogen-bond acceptors (Lipinski definition) is 10. The number of anilines is 1. The third-order valence-electron chi connectivity index (χ3n) is 4.54. The third kappa shape index (κ3) is 6.02. The summed E-state index contributed by atoms with van der Waals surface area (Å²) < 4.78 is 68.6. The number of nitrogens with one attached hydrogen (secondary N) is 1. The standard InChI is InChI=1S/C19H17Br2N3O6S4/c1-2-22-30-34(28,29)11-24-15-8-13(21)4-6-17(15)32-19(24)9-18-23(10-33(25,26)27)14-7-12(20)3-5-16(14)31-18/h3-9,22H,2,10-11H2,1H3. The van der Waals surface area contributed by atoms with Gasteiger partial charge in [0.2, 0.25) is 11.4 Å². The molecule has 0 atom stereocenters. The lowest BCUT2D eigenvalue weighted by Gasteiger charge is -2.19. The second-order valence-corrected chi connectivity index (χ2v) is 13.9. The molecule has 0 bridgehead atoms. The van der Waals surface area contributed by atoms with Crippen molar-refractivity contribution in [3.8, 4) is 0 Å². The summed E-state index contributed by atoms with van der Waals surface area (Å²) in [5.74, 6) is -1.23. The van der Waals surface area contributed by atoms with Gasteiger partial charge < -0.3 is 9.45 Å². The number of hydrogen-bond donors (Lipinski definition) is 1. The highest BCUT2D eigenvalue weighted by Gasteiger charge is 2.32. The van der Waals surface area contributed by atoms with Crippen LogP contribution in [-0.4, -0.2) is 33.8 Å². The number of aromatic nitrogens is 1. The summed E-state index contributed by atoms with van der Waals surface area (Å²) in [6.07, 6.45) is 1.69. The maximum Gasteiger partial charge on any atom is 0.302 e. The van der Waals surface area contributed by atoms with Crippen LogP contribution in [0, 0.1) is 0 Å². The van der Waals surface area contributed by atoms with Crippen LogP contribution in [0.2, 0.25) is 0 Å².